The molecular formula is C10H8N2O3. The molecule has 0 aliphatic rings. The largest absolute Gasteiger partial charge is 0.508 e. The summed E-state index contributed by atoms with van der Waals surface area (Å²) in [5.41, 5.74) is 6.26. The lowest BCUT2D eigenvalue weighted by Gasteiger charge is -2.04. The second-order valence-corrected chi connectivity index (χ2v) is 3.09. The maximum atomic E-state index is 10.8. The van der Waals surface area contributed by atoms with E-state index in [0.29, 0.717) is 10.9 Å². The minimum Gasteiger partial charge on any atom is -0.508 e. The van der Waals surface area contributed by atoms with Crippen LogP contribution < -0.4 is 5.73 Å². The topological polar surface area (TPSA) is 96.4 Å². The third-order valence-corrected chi connectivity index (χ3v) is 2.12. The van der Waals surface area contributed by atoms with Gasteiger partial charge in [0.25, 0.3) is 0 Å². The minimum absolute atomic E-state index is 0.0341. The standard InChI is InChI=1S/C10H8N2O3/c11-9-6-2-1-5(13)3-8(6)12-4-7(9)10(14)15/h1-4,13H,(H2,11,12)(H,14,15). The Balaban J connectivity index is 2.80. The van der Waals surface area contributed by atoms with E-state index >= 15 is 0 Å². The van der Waals surface area contributed by atoms with E-state index in [4.69, 9.17) is 10.8 Å². The maximum absolute atomic E-state index is 10.8. The van der Waals surface area contributed by atoms with Crippen LogP contribution in [-0.4, -0.2) is 21.2 Å². The Morgan fingerprint density at radius 3 is 2.80 bits per heavy atom. The van der Waals surface area contributed by atoms with E-state index in [9.17, 15) is 9.90 Å². The molecular weight excluding hydrogens is 196 g/mol. The first kappa shape index (κ1) is 9.26. The number of phenolic OH excluding ortho intramolecular Hbond substituents is 1. The second-order valence-electron chi connectivity index (χ2n) is 3.09. The first-order valence-corrected chi connectivity index (χ1v) is 4.20. The summed E-state index contributed by atoms with van der Waals surface area (Å²) in [5.74, 6) is -1.05. The van der Waals surface area contributed by atoms with Crippen molar-refractivity contribution in [3.8, 4) is 5.75 Å². The van der Waals surface area contributed by atoms with E-state index in [-0.39, 0.29) is 17.0 Å². The number of aromatic nitrogens is 1. The molecule has 0 saturated heterocycles. The summed E-state index contributed by atoms with van der Waals surface area (Å²) in [6.07, 6.45) is 1.18. The fourth-order valence-electron chi connectivity index (χ4n) is 1.37. The quantitative estimate of drug-likeness (QED) is 0.649. The molecule has 2 aromatic rings. The van der Waals surface area contributed by atoms with Crippen molar-refractivity contribution in [2.45, 2.75) is 0 Å². The number of rotatable bonds is 1. The maximum Gasteiger partial charge on any atom is 0.339 e. The number of phenols is 1. The number of nitrogen functional groups attached to an aromatic ring is 1. The van der Waals surface area contributed by atoms with Gasteiger partial charge in [0.2, 0.25) is 0 Å². The molecule has 1 heterocycles. The number of pyridine rings is 1. The molecule has 0 saturated carbocycles. The van der Waals surface area contributed by atoms with E-state index in [0.717, 1.165) is 0 Å². The summed E-state index contributed by atoms with van der Waals surface area (Å²) in [6.45, 7) is 0. The van der Waals surface area contributed by atoms with Crippen LogP contribution in [0.4, 0.5) is 5.69 Å². The van der Waals surface area contributed by atoms with Crippen LogP contribution in [0.3, 0.4) is 0 Å². The van der Waals surface area contributed by atoms with E-state index in [1.807, 2.05) is 0 Å². The van der Waals surface area contributed by atoms with Gasteiger partial charge < -0.3 is 15.9 Å². The normalized spacial score (nSPS) is 10.4. The lowest BCUT2D eigenvalue weighted by atomic mass is 10.1. The number of carboxylic acid groups (broad SMARTS) is 1. The zero-order chi connectivity index (χ0) is 11.0. The van der Waals surface area contributed by atoms with E-state index in [1.54, 1.807) is 6.07 Å². The smallest absolute Gasteiger partial charge is 0.339 e. The molecule has 1 aromatic heterocycles. The molecule has 0 fully saturated rings. The number of hydrogen-bond acceptors (Lipinski definition) is 4. The number of carboxylic acids is 1. The van der Waals surface area contributed by atoms with Crippen molar-refractivity contribution >= 4 is 22.6 Å². The number of nitrogens with two attached hydrogens (primary N) is 1. The zero-order valence-corrected chi connectivity index (χ0v) is 7.64. The third-order valence-electron chi connectivity index (χ3n) is 2.12. The van der Waals surface area contributed by atoms with Gasteiger partial charge >= 0.3 is 5.97 Å². The zero-order valence-electron chi connectivity index (χ0n) is 7.64. The summed E-state index contributed by atoms with van der Waals surface area (Å²) in [7, 11) is 0. The molecule has 5 heteroatoms. The molecule has 2 rings (SSSR count). The van der Waals surface area contributed by atoms with Gasteiger partial charge in [-0.1, -0.05) is 0 Å². The van der Waals surface area contributed by atoms with E-state index < -0.39 is 5.97 Å². The Kier molecular flexibility index (Phi) is 1.93. The van der Waals surface area contributed by atoms with Gasteiger partial charge in [-0.2, -0.15) is 0 Å². The number of fused-ring (bicyclic) bond motifs is 1. The van der Waals surface area contributed by atoms with Gasteiger partial charge in [0.05, 0.1) is 11.2 Å². The minimum atomic E-state index is -1.12. The van der Waals surface area contributed by atoms with Crippen molar-refractivity contribution in [3.63, 3.8) is 0 Å². The molecule has 0 radical (unpaired) electrons. The number of anilines is 1. The molecule has 0 spiro atoms. The number of carbonyl (C=O) groups is 1. The Hall–Kier alpha value is -2.30. The van der Waals surface area contributed by atoms with Gasteiger partial charge in [0.1, 0.15) is 11.3 Å². The average molecular weight is 204 g/mol. The predicted molar refractivity (Wildman–Crippen MR) is 54.8 cm³/mol. The Bertz CT molecular complexity index is 552. The van der Waals surface area contributed by atoms with Crippen LogP contribution in [0, 0.1) is 0 Å². The number of benzene rings is 1. The van der Waals surface area contributed by atoms with Crippen LogP contribution in [0.2, 0.25) is 0 Å². The van der Waals surface area contributed by atoms with Crippen LogP contribution in [-0.2, 0) is 0 Å². The van der Waals surface area contributed by atoms with Gasteiger partial charge in [-0.3, -0.25) is 4.98 Å². The molecule has 1 aromatic carbocycles. The molecule has 0 aliphatic carbocycles. The first-order valence-electron chi connectivity index (χ1n) is 4.20. The van der Waals surface area contributed by atoms with Crippen molar-refractivity contribution in [3.05, 3.63) is 30.0 Å². The predicted octanol–water partition coefficient (Wildman–Crippen LogP) is 1.22. The molecule has 0 unspecified atom stereocenters. The molecule has 4 N–H and O–H groups in total. The molecule has 0 bridgehead atoms. The van der Waals surface area contributed by atoms with Crippen molar-refractivity contribution in [1.29, 1.82) is 0 Å². The van der Waals surface area contributed by atoms with Crippen molar-refractivity contribution in [1.82, 2.24) is 4.98 Å². The average Bonchev–Trinajstić information content (AvgIpc) is 2.17. The summed E-state index contributed by atoms with van der Waals surface area (Å²) < 4.78 is 0. The first-order chi connectivity index (χ1) is 7.09. The van der Waals surface area contributed by atoms with Crippen LogP contribution >= 0.6 is 0 Å². The fraction of sp³-hybridized carbons (Fsp3) is 0. The summed E-state index contributed by atoms with van der Waals surface area (Å²) in [4.78, 5) is 14.7. The second kappa shape index (κ2) is 3.13. The molecule has 15 heavy (non-hydrogen) atoms. The lowest BCUT2D eigenvalue weighted by molar-refractivity contribution is 0.0698. The van der Waals surface area contributed by atoms with Crippen LogP contribution in [0.25, 0.3) is 10.9 Å². The lowest BCUT2D eigenvalue weighted by Crippen LogP contribution is -2.03. The van der Waals surface area contributed by atoms with Gasteiger partial charge in [-0.05, 0) is 12.1 Å². The van der Waals surface area contributed by atoms with Gasteiger partial charge in [-0.25, -0.2) is 4.79 Å². The Morgan fingerprint density at radius 2 is 2.13 bits per heavy atom. The molecule has 5 nitrogen and oxygen atoms in total. The summed E-state index contributed by atoms with van der Waals surface area (Å²) >= 11 is 0. The van der Waals surface area contributed by atoms with Gasteiger partial charge in [-0.15, -0.1) is 0 Å². The molecule has 0 atom stereocenters. The van der Waals surface area contributed by atoms with Crippen molar-refractivity contribution in [2.24, 2.45) is 0 Å². The van der Waals surface area contributed by atoms with Crippen LogP contribution in [0.5, 0.6) is 5.75 Å². The monoisotopic (exact) mass is 204 g/mol. The summed E-state index contributed by atoms with van der Waals surface area (Å²) in [5, 5.41) is 18.5. The number of hydrogen-bond donors (Lipinski definition) is 3. The van der Waals surface area contributed by atoms with Gasteiger partial charge in [0, 0.05) is 17.6 Å². The number of aromatic hydroxyl groups is 1. The Morgan fingerprint density at radius 1 is 1.40 bits per heavy atom. The third kappa shape index (κ3) is 1.43. The molecule has 0 aliphatic heterocycles. The van der Waals surface area contributed by atoms with Crippen LogP contribution in [0.15, 0.2) is 24.4 Å². The number of nitrogens with zero attached hydrogens (tertiary/aromatic N) is 1. The SMILES string of the molecule is Nc1c(C(=O)O)cnc2cc(O)ccc12. The summed E-state index contributed by atoms with van der Waals surface area (Å²) in [6, 6.07) is 4.41. The molecule has 0 amide bonds. The highest BCUT2D eigenvalue weighted by Crippen LogP contribution is 2.25. The fourth-order valence-corrected chi connectivity index (χ4v) is 1.37. The van der Waals surface area contributed by atoms with Crippen LogP contribution in [0.1, 0.15) is 10.4 Å². The van der Waals surface area contributed by atoms with Crippen molar-refractivity contribution < 1.29 is 15.0 Å². The Labute approximate surface area is 84.8 Å². The number of aromatic carboxylic acids is 1. The van der Waals surface area contributed by atoms with E-state index in [2.05, 4.69) is 4.98 Å². The highest BCUT2D eigenvalue weighted by Gasteiger charge is 2.11. The van der Waals surface area contributed by atoms with E-state index in [1.165, 1.54) is 18.3 Å². The highest BCUT2D eigenvalue weighted by atomic mass is 16.4. The van der Waals surface area contributed by atoms with Crippen molar-refractivity contribution in [2.75, 3.05) is 5.73 Å². The molecule has 76 valence electrons. The highest BCUT2D eigenvalue weighted by molar-refractivity contribution is 6.03. The van der Waals surface area contributed by atoms with Gasteiger partial charge in [0.15, 0.2) is 0 Å².